The Labute approximate surface area is 178 Å². The summed E-state index contributed by atoms with van der Waals surface area (Å²) < 4.78 is 38.8. The van der Waals surface area contributed by atoms with E-state index in [4.69, 9.17) is 9.47 Å². The van der Waals surface area contributed by atoms with Crippen LogP contribution in [0.3, 0.4) is 0 Å². The maximum atomic E-state index is 12.7. The van der Waals surface area contributed by atoms with Gasteiger partial charge < -0.3 is 19.7 Å². The fraction of sp³-hybridized carbons (Fsp3) is 0.700. The normalized spacial score (nSPS) is 23.1. The van der Waals surface area contributed by atoms with E-state index < -0.39 is 21.7 Å². The molecule has 1 aliphatic heterocycles. The Morgan fingerprint density at radius 3 is 2.33 bits per heavy atom. The molecule has 0 atom stereocenters. The standard InChI is InChI=1S/C20H32N4O5S/c1-20(2,3)29-19(25)22-15-4-6-16(7-5-15)23-30(26,27)17-8-9-18(21-14-17)24-10-12-28-13-11-24/h8-9,14-16,23H,4-7,10-13H2,1-3H3,(H,22,25). The number of sulfonamides is 1. The maximum Gasteiger partial charge on any atom is 0.407 e. The van der Waals surface area contributed by atoms with Crippen LogP contribution in [0.4, 0.5) is 10.6 Å². The summed E-state index contributed by atoms with van der Waals surface area (Å²) in [5.74, 6) is 0.756. The minimum atomic E-state index is -3.64. The van der Waals surface area contributed by atoms with Gasteiger partial charge >= 0.3 is 6.09 Å². The molecule has 0 spiro atoms. The van der Waals surface area contributed by atoms with Crippen molar-refractivity contribution in [3.63, 3.8) is 0 Å². The van der Waals surface area contributed by atoms with Crippen LogP contribution < -0.4 is 14.9 Å². The van der Waals surface area contributed by atoms with E-state index in [2.05, 4.69) is 19.9 Å². The van der Waals surface area contributed by atoms with Gasteiger partial charge in [0.15, 0.2) is 0 Å². The zero-order valence-corrected chi connectivity index (χ0v) is 18.7. The molecule has 2 aliphatic rings. The Kier molecular flexibility index (Phi) is 7.20. The molecule has 1 aromatic rings. The molecule has 1 saturated heterocycles. The van der Waals surface area contributed by atoms with E-state index in [0.717, 1.165) is 18.9 Å². The number of aromatic nitrogens is 1. The molecule has 10 heteroatoms. The third-order valence-electron chi connectivity index (χ3n) is 5.14. The van der Waals surface area contributed by atoms with Gasteiger partial charge in [0, 0.05) is 31.4 Å². The molecule has 1 amide bonds. The summed E-state index contributed by atoms with van der Waals surface area (Å²) >= 11 is 0. The number of rotatable bonds is 5. The van der Waals surface area contributed by atoms with Crippen LogP contribution >= 0.6 is 0 Å². The number of pyridine rings is 1. The second-order valence-electron chi connectivity index (χ2n) is 8.77. The predicted octanol–water partition coefficient (Wildman–Crippen LogP) is 2.03. The number of carbonyl (C=O) groups is 1. The van der Waals surface area contributed by atoms with Crippen molar-refractivity contribution in [3.05, 3.63) is 18.3 Å². The average Bonchev–Trinajstić information content (AvgIpc) is 2.69. The molecule has 0 aromatic carbocycles. The number of hydrogen-bond donors (Lipinski definition) is 2. The Balaban J connectivity index is 1.49. The average molecular weight is 441 g/mol. The van der Waals surface area contributed by atoms with E-state index in [0.29, 0.717) is 38.9 Å². The number of alkyl carbamates (subject to hydrolysis) is 1. The van der Waals surface area contributed by atoms with Gasteiger partial charge in [0.25, 0.3) is 0 Å². The van der Waals surface area contributed by atoms with E-state index >= 15 is 0 Å². The summed E-state index contributed by atoms with van der Waals surface area (Å²) in [5, 5.41) is 2.87. The lowest BCUT2D eigenvalue weighted by Crippen LogP contribution is -2.45. The van der Waals surface area contributed by atoms with Crippen LogP contribution in [0.1, 0.15) is 46.5 Å². The summed E-state index contributed by atoms with van der Waals surface area (Å²) in [5.41, 5.74) is -0.539. The quantitative estimate of drug-likeness (QED) is 0.721. The molecule has 168 valence electrons. The van der Waals surface area contributed by atoms with Gasteiger partial charge in [-0.2, -0.15) is 0 Å². The predicted molar refractivity (Wildman–Crippen MR) is 113 cm³/mol. The lowest BCUT2D eigenvalue weighted by molar-refractivity contribution is 0.0490. The van der Waals surface area contributed by atoms with Gasteiger partial charge in [-0.05, 0) is 58.6 Å². The zero-order chi connectivity index (χ0) is 21.8. The molecule has 2 fully saturated rings. The molecule has 9 nitrogen and oxygen atoms in total. The molecule has 1 saturated carbocycles. The molecule has 1 aliphatic carbocycles. The van der Waals surface area contributed by atoms with E-state index in [1.54, 1.807) is 12.1 Å². The molecule has 1 aromatic heterocycles. The molecule has 3 rings (SSSR count). The summed E-state index contributed by atoms with van der Waals surface area (Å²) in [7, 11) is -3.64. The van der Waals surface area contributed by atoms with Gasteiger partial charge in [-0.15, -0.1) is 0 Å². The SMILES string of the molecule is CC(C)(C)OC(=O)NC1CCC(NS(=O)(=O)c2ccc(N3CCOCC3)nc2)CC1. The summed E-state index contributed by atoms with van der Waals surface area (Å²) in [6.45, 7) is 8.25. The van der Waals surface area contributed by atoms with Gasteiger partial charge in [0.05, 0.1) is 13.2 Å². The number of ether oxygens (including phenoxy) is 2. The highest BCUT2D eigenvalue weighted by Crippen LogP contribution is 2.22. The largest absolute Gasteiger partial charge is 0.444 e. The first-order valence-electron chi connectivity index (χ1n) is 10.4. The zero-order valence-electron chi connectivity index (χ0n) is 17.9. The van der Waals surface area contributed by atoms with Crippen molar-refractivity contribution in [2.75, 3.05) is 31.2 Å². The van der Waals surface area contributed by atoms with Gasteiger partial charge in [0.1, 0.15) is 16.3 Å². The fourth-order valence-electron chi connectivity index (χ4n) is 3.63. The van der Waals surface area contributed by atoms with Crippen molar-refractivity contribution >= 4 is 21.9 Å². The molecule has 2 N–H and O–H groups in total. The van der Waals surface area contributed by atoms with Crippen molar-refractivity contribution in [2.24, 2.45) is 0 Å². The van der Waals surface area contributed by atoms with E-state index in [1.807, 2.05) is 20.8 Å². The summed E-state index contributed by atoms with van der Waals surface area (Å²) in [6, 6.07) is 3.16. The first kappa shape index (κ1) is 22.8. The second kappa shape index (κ2) is 9.49. The third kappa shape index (κ3) is 6.55. The van der Waals surface area contributed by atoms with Crippen molar-refractivity contribution in [3.8, 4) is 0 Å². The number of amides is 1. The summed E-state index contributed by atoms with van der Waals surface area (Å²) in [4.78, 5) is 18.5. The molecule has 0 radical (unpaired) electrons. The van der Waals surface area contributed by atoms with Gasteiger partial charge in [-0.3, -0.25) is 0 Å². The third-order valence-corrected chi connectivity index (χ3v) is 6.64. The Morgan fingerprint density at radius 1 is 1.13 bits per heavy atom. The maximum absolute atomic E-state index is 12.7. The number of nitrogens with zero attached hydrogens (tertiary/aromatic N) is 2. The van der Waals surface area contributed by atoms with Crippen molar-refractivity contribution in [2.45, 2.75) is 69.0 Å². The molecule has 0 unspecified atom stereocenters. The molecule has 2 heterocycles. The number of carbonyl (C=O) groups excluding carboxylic acids is 1. The van der Waals surface area contributed by atoms with Gasteiger partial charge in [-0.1, -0.05) is 0 Å². The topological polar surface area (TPSA) is 110 Å². The van der Waals surface area contributed by atoms with Crippen LogP contribution in [0.25, 0.3) is 0 Å². The molecular weight excluding hydrogens is 408 g/mol. The van der Waals surface area contributed by atoms with Gasteiger partial charge in [-0.25, -0.2) is 22.9 Å². The first-order valence-corrected chi connectivity index (χ1v) is 11.9. The van der Waals surface area contributed by atoms with E-state index in [1.165, 1.54) is 6.20 Å². The smallest absolute Gasteiger partial charge is 0.407 e. The Hall–Kier alpha value is -1.91. The highest BCUT2D eigenvalue weighted by Gasteiger charge is 2.28. The molecule has 30 heavy (non-hydrogen) atoms. The number of nitrogens with one attached hydrogen (secondary N) is 2. The van der Waals surface area contributed by atoms with Crippen LogP contribution in [-0.2, 0) is 19.5 Å². The Bertz CT molecular complexity index is 809. The van der Waals surface area contributed by atoms with Crippen molar-refractivity contribution in [1.29, 1.82) is 0 Å². The van der Waals surface area contributed by atoms with E-state index in [9.17, 15) is 13.2 Å². The lowest BCUT2D eigenvalue weighted by atomic mass is 9.92. The van der Waals surface area contributed by atoms with Crippen LogP contribution in [-0.4, -0.2) is 63.5 Å². The minimum absolute atomic E-state index is 0.00456. The van der Waals surface area contributed by atoms with E-state index in [-0.39, 0.29) is 17.0 Å². The summed E-state index contributed by atoms with van der Waals surface area (Å²) in [6.07, 6.45) is 3.67. The highest BCUT2D eigenvalue weighted by molar-refractivity contribution is 7.89. The van der Waals surface area contributed by atoms with Crippen molar-refractivity contribution in [1.82, 2.24) is 15.0 Å². The molecular formula is C20H32N4O5S. The van der Waals surface area contributed by atoms with Crippen LogP contribution in [0.2, 0.25) is 0 Å². The highest BCUT2D eigenvalue weighted by atomic mass is 32.2. The van der Waals surface area contributed by atoms with Gasteiger partial charge in [0.2, 0.25) is 10.0 Å². The number of morpholine rings is 1. The monoisotopic (exact) mass is 440 g/mol. The number of hydrogen-bond acceptors (Lipinski definition) is 7. The number of anilines is 1. The lowest BCUT2D eigenvalue weighted by Gasteiger charge is -2.30. The van der Waals surface area contributed by atoms with Crippen LogP contribution in [0, 0.1) is 0 Å². The fourth-order valence-corrected chi connectivity index (χ4v) is 4.88. The van der Waals surface area contributed by atoms with Crippen molar-refractivity contribution < 1.29 is 22.7 Å². The molecule has 0 bridgehead atoms. The second-order valence-corrected chi connectivity index (χ2v) is 10.5. The first-order chi connectivity index (χ1) is 14.1. The minimum Gasteiger partial charge on any atom is -0.444 e. The van der Waals surface area contributed by atoms with Crippen LogP contribution in [0.5, 0.6) is 0 Å². The Morgan fingerprint density at radius 2 is 1.77 bits per heavy atom. The van der Waals surface area contributed by atoms with Crippen LogP contribution in [0.15, 0.2) is 23.2 Å².